The largest absolute Gasteiger partial charge is 0.497 e. The van der Waals surface area contributed by atoms with Crippen LogP contribution in [0.2, 0.25) is 0 Å². The quantitative estimate of drug-likeness (QED) is 0.477. The van der Waals surface area contributed by atoms with E-state index in [0.717, 1.165) is 23.0 Å². The highest BCUT2D eigenvalue weighted by Crippen LogP contribution is 2.27. The summed E-state index contributed by atoms with van der Waals surface area (Å²) >= 11 is 1.69. The lowest BCUT2D eigenvalue weighted by Gasteiger charge is -2.08. The van der Waals surface area contributed by atoms with Gasteiger partial charge in [-0.25, -0.2) is 9.37 Å². The fourth-order valence-electron chi connectivity index (χ4n) is 2.43. The molecule has 0 fully saturated rings. The van der Waals surface area contributed by atoms with E-state index < -0.39 is 0 Å². The van der Waals surface area contributed by atoms with Gasteiger partial charge in [-0.3, -0.25) is 5.10 Å². The molecule has 0 saturated carbocycles. The van der Waals surface area contributed by atoms with Crippen LogP contribution in [0, 0.1) is 5.82 Å². The molecule has 2 heterocycles. The Balaban J connectivity index is 1.56. The second kappa shape index (κ2) is 8.17. The van der Waals surface area contributed by atoms with E-state index in [-0.39, 0.29) is 5.82 Å². The molecular formula is C17H20FN5OS. The molecule has 1 aromatic carbocycles. The lowest BCUT2D eigenvalue weighted by Crippen LogP contribution is -2.17. The van der Waals surface area contributed by atoms with Crippen molar-refractivity contribution in [3.05, 3.63) is 48.2 Å². The van der Waals surface area contributed by atoms with E-state index in [1.54, 1.807) is 36.3 Å². The van der Waals surface area contributed by atoms with Crippen LogP contribution < -0.4 is 10.1 Å². The van der Waals surface area contributed by atoms with Gasteiger partial charge in [0.05, 0.1) is 19.0 Å². The fourth-order valence-corrected chi connectivity index (χ4v) is 3.26. The van der Waals surface area contributed by atoms with Crippen molar-refractivity contribution in [1.82, 2.24) is 25.1 Å². The maximum atomic E-state index is 14.3. The summed E-state index contributed by atoms with van der Waals surface area (Å²) in [4.78, 5) is 4.27. The molecule has 0 aliphatic carbocycles. The molecule has 2 N–H and O–H groups in total. The molecule has 0 spiro atoms. The first-order valence-electron chi connectivity index (χ1n) is 7.86. The Morgan fingerprint density at radius 3 is 3.00 bits per heavy atom. The van der Waals surface area contributed by atoms with E-state index in [4.69, 9.17) is 4.74 Å². The number of aromatic nitrogens is 4. The van der Waals surface area contributed by atoms with Crippen molar-refractivity contribution in [1.29, 1.82) is 0 Å². The van der Waals surface area contributed by atoms with Gasteiger partial charge in [-0.1, -0.05) is 11.8 Å². The molecule has 8 heteroatoms. The monoisotopic (exact) mass is 361 g/mol. The summed E-state index contributed by atoms with van der Waals surface area (Å²) in [6.07, 6.45) is 5.44. The molecule has 25 heavy (non-hydrogen) atoms. The Hall–Kier alpha value is -2.32. The number of imidazole rings is 1. The van der Waals surface area contributed by atoms with E-state index in [1.165, 1.54) is 13.2 Å². The zero-order chi connectivity index (χ0) is 17.6. The van der Waals surface area contributed by atoms with Gasteiger partial charge in [0.1, 0.15) is 11.6 Å². The summed E-state index contributed by atoms with van der Waals surface area (Å²) in [6, 6.07) is 4.80. The van der Waals surface area contributed by atoms with Crippen LogP contribution >= 0.6 is 11.8 Å². The zero-order valence-corrected chi connectivity index (χ0v) is 14.9. The minimum Gasteiger partial charge on any atom is -0.497 e. The highest BCUT2D eigenvalue weighted by Gasteiger charge is 2.12. The number of nitrogens with zero attached hydrogens (tertiary/aromatic N) is 3. The van der Waals surface area contributed by atoms with Gasteiger partial charge < -0.3 is 14.6 Å². The van der Waals surface area contributed by atoms with E-state index >= 15 is 0 Å². The maximum absolute atomic E-state index is 14.3. The van der Waals surface area contributed by atoms with Crippen molar-refractivity contribution in [3.63, 3.8) is 0 Å². The number of hydrogen-bond acceptors (Lipinski definition) is 5. The Morgan fingerprint density at radius 2 is 2.28 bits per heavy atom. The second-order valence-electron chi connectivity index (χ2n) is 5.46. The van der Waals surface area contributed by atoms with Crippen LogP contribution in [-0.2, 0) is 13.6 Å². The van der Waals surface area contributed by atoms with Crippen molar-refractivity contribution in [3.8, 4) is 17.0 Å². The average Bonchev–Trinajstić information content (AvgIpc) is 3.23. The van der Waals surface area contributed by atoms with Gasteiger partial charge in [0, 0.05) is 55.5 Å². The van der Waals surface area contributed by atoms with E-state index in [2.05, 4.69) is 20.5 Å². The summed E-state index contributed by atoms with van der Waals surface area (Å²) in [5.74, 6) is 1.05. The number of ether oxygens (including phenoxy) is 1. The van der Waals surface area contributed by atoms with Crippen LogP contribution in [0.1, 0.15) is 5.56 Å². The zero-order valence-electron chi connectivity index (χ0n) is 14.1. The molecule has 0 unspecified atom stereocenters. The van der Waals surface area contributed by atoms with Gasteiger partial charge >= 0.3 is 0 Å². The van der Waals surface area contributed by atoms with Crippen molar-refractivity contribution in [2.45, 2.75) is 11.7 Å². The number of rotatable bonds is 8. The number of benzene rings is 1. The molecular weight excluding hydrogens is 341 g/mol. The maximum Gasteiger partial charge on any atom is 0.167 e. The molecule has 3 rings (SSSR count). The number of aromatic amines is 1. The number of thioether (sulfide) groups is 1. The molecule has 132 valence electrons. The first kappa shape index (κ1) is 17.5. The molecule has 0 amide bonds. The molecule has 3 aromatic rings. The Kier molecular flexibility index (Phi) is 5.72. The molecule has 6 nitrogen and oxygen atoms in total. The fraction of sp³-hybridized carbons (Fsp3) is 0.294. The van der Waals surface area contributed by atoms with Crippen LogP contribution in [0.15, 0.2) is 41.9 Å². The van der Waals surface area contributed by atoms with E-state index in [0.29, 0.717) is 23.6 Å². The number of methoxy groups -OCH3 is 1. The Bertz CT molecular complexity index is 832. The van der Waals surface area contributed by atoms with Crippen LogP contribution in [0.4, 0.5) is 4.39 Å². The van der Waals surface area contributed by atoms with Crippen LogP contribution in [0.3, 0.4) is 0 Å². The third kappa shape index (κ3) is 4.21. The predicted molar refractivity (Wildman–Crippen MR) is 96.2 cm³/mol. The molecule has 0 radical (unpaired) electrons. The van der Waals surface area contributed by atoms with Gasteiger partial charge in [-0.15, -0.1) is 0 Å². The smallest absolute Gasteiger partial charge is 0.167 e. The lowest BCUT2D eigenvalue weighted by molar-refractivity contribution is 0.411. The number of nitrogens with one attached hydrogen (secondary N) is 2. The third-order valence-corrected chi connectivity index (χ3v) is 4.83. The van der Waals surface area contributed by atoms with E-state index in [1.807, 2.05) is 17.8 Å². The molecule has 0 saturated heterocycles. The van der Waals surface area contributed by atoms with Crippen LogP contribution in [-0.4, -0.2) is 39.2 Å². The van der Waals surface area contributed by atoms with Crippen LogP contribution in [0.25, 0.3) is 11.3 Å². The van der Waals surface area contributed by atoms with Gasteiger partial charge in [0.2, 0.25) is 0 Å². The van der Waals surface area contributed by atoms with Gasteiger partial charge in [-0.2, -0.15) is 5.10 Å². The lowest BCUT2D eigenvalue weighted by atomic mass is 10.1. The van der Waals surface area contributed by atoms with E-state index in [9.17, 15) is 4.39 Å². The third-order valence-electron chi connectivity index (χ3n) is 3.77. The summed E-state index contributed by atoms with van der Waals surface area (Å²) in [6.45, 7) is 1.42. The summed E-state index contributed by atoms with van der Waals surface area (Å²) in [5, 5.41) is 11.3. The molecule has 0 aliphatic rings. The van der Waals surface area contributed by atoms with Gasteiger partial charge in [-0.05, 0) is 12.1 Å². The summed E-state index contributed by atoms with van der Waals surface area (Å²) < 4.78 is 21.3. The molecule has 0 aliphatic heterocycles. The number of H-pyrrole nitrogens is 1. The van der Waals surface area contributed by atoms with Gasteiger partial charge in [0.15, 0.2) is 5.16 Å². The van der Waals surface area contributed by atoms with Crippen LogP contribution in [0.5, 0.6) is 5.75 Å². The standard InChI is InChI=1S/C17H20FN5OS/c1-23-7-5-20-17(23)25-8-6-19-10-12-11-21-22-16(12)14-4-3-13(24-2)9-15(14)18/h3-5,7,9,11,19H,6,8,10H2,1-2H3,(H,21,22). The Morgan fingerprint density at radius 1 is 1.40 bits per heavy atom. The normalized spacial score (nSPS) is 11.0. The first-order chi connectivity index (χ1) is 12.2. The first-order valence-corrected chi connectivity index (χ1v) is 8.84. The summed E-state index contributed by atoms with van der Waals surface area (Å²) in [7, 11) is 3.49. The predicted octanol–water partition coefficient (Wildman–Crippen LogP) is 2.84. The Labute approximate surface area is 149 Å². The minimum absolute atomic E-state index is 0.338. The van der Waals surface area contributed by atoms with Crippen molar-refractivity contribution >= 4 is 11.8 Å². The molecule has 0 atom stereocenters. The highest BCUT2D eigenvalue weighted by molar-refractivity contribution is 7.99. The topological polar surface area (TPSA) is 67.8 Å². The minimum atomic E-state index is -0.338. The summed E-state index contributed by atoms with van der Waals surface area (Å²) in [5.41, 5.74) is 2.09. The van der Waals surface area contributed by atoms with Gasteiger partial charge in [0.25, 0.3) is 0 Å². The SMILES string of the molecule is COc1ccc(-c2[nH]ncc2CNCCSc2nccn2C)c(F)c1. The van der Waals surface area contributed by atoms with Crippen molar-refractivity contribution in [2.75, 3.05) is 19.4 Å². The number of hydrogen-bond donors (Lipinski definition) is 2. The van der Waals surface area contributed by atoms with Crippen molar-refractivity contribution < 1.29 is 9.13 Å². The number of halogens is 1. The second-order valence-corrected chi connectivity index (χ2v) is 6.52. The highest BCUT2D eigenvalue weighted by atomic mass is 32.2. The molecule has 2 aromatic heterocycles. The average molecular weight is 361 g/mol. The van der Waals surface area contributed by atoms with Crippen molar-refractivity contribution in [2.24, 2.45) is 7.05 Å². The molecule has 0 bridgehead atoms. The number of aryl methyl sites for hydroxylation is 1.